The maximum absolute atomic E-state index is 12.0. The van der Waals surface area contributed by atoms with Gasteiger partial charge in [-0.3, -0.25) is 4.79 Å². The third-order valence-corrected chi connectivity index (χ3v) is 3.15. The Labute approximate surface area is 118 Å². The van der Waals surface area contributed by atoms with Crippen LogP contribution < -0.4 is 10.6 Å². The number of aromatic nitrogens is 1. The van der Waals surface area contributed by atoms with E-state index >= 15 is 0 Å². The molecule has 0 spiro atoms. The molecule has 2 rings (SSSR count). The van der Waals surface area contributed by atoms with Gasteiger partial charge in [0.15, 0.2) is 0 Å². The molecule has 20 heavy (non-hydrogen) atoms. The summed E-state index contributed by atoms with van der Waals surface area (Å²) in [5.74, 6) is 0.574. The topological polar surface area (TPSA) is 72.5 Å². The van der Waals surface area contributed by atoms with E-state index in [4.69, 9.17) is 9.47 Å². The van der Waals surface area contributed by atoms with Gasteiger partial charge in [-0.15, -0.1) is 0 Å². The summed E-state index contributed by atoms with van der Waals surface area (Å²) in [6.45, 7) is 2.61. The van der Waals surface area contributed by atoms with Crippen molar-refractivity contribution in [2.45, 2.75) is 18.9 Å². The maximum atomic E-state index is 12.0. The van der Waals surface area contributed by atoms with Crippen LogP contribution in [0.15, 0.2) is 18.3 Å². The second-order valence-corrected chi connectivity index (χ2v) is 4.69. The van der Waals surface area contributed by atoms with E-state index in [2.05, 4.69) is 15.6 Å². The molecular formula is C14H21N3O3. The number of carbonyl (C=O) groups excluding carboxylic acids is 1. The van der Waals surface area contributed by atoms with Gasteiger partial charge in [-0.25, -0.2) is 4.98 Å². The van der Waals surface area contributed by atoms with Gasteiger partial charge in [-0.2, -0.15) is 0 Å². The zero-order chi connectivity index (χ0) is 14.2. The van der Waals surface area contributed by atoms with Crippen molar-refractivity contribution in [2.24, 2.45) is 0 Å². The molecule has 1 fully saturated rings. The molecule has 1 unspecified atom stereocenters. The molecule has 1 aromatic heterocycles. The zero-order valence-electron chi connectivity index (χ0n) is 11.7. The highest BCUT2D eigenvalue weighted by Crippen LogP contribution is 2.11. The third-order valence-electron chi connectivity index (χ3n) is 3.15. The Bertz CT molecular complexity index is 433. The Morgan fingerprint density at radius 2 is 2.50 bits per heavy atom. The van der Waals surface area contributed by atoms with Gasteiger partial charge in [0.1, 0.15) is 5.82 Å². The van der Waals surface area contributed by atoms with Crippen LogP contribution in [0.3, 0.4) is 0 Å². The summed E-state index contributed by atoms with van der Waals surface area (Å²) in [7, 11) is 1.64. The van der Waals surface area contributed by atoms with Crippen LogP contribution in [-0.2, 0) is 9.47 Å². The van der Waals surface area contributed by atoms with Crippen molar-refractivity contribution in [3.05, 3.63) is 23.9 Å². The Morgan fingerprint density at radius 1 is 1.60 bits per heavy atom. The van der Waals surface area contributed by atoms with Crippen molar-refractivity contribution in [3.63, 3.8) is 0 Å². The largest absolute Gasteiger partial charge is 0.383 e. The first-order chi connectivity index (χ1) is 9.79. The molecule has 1 aromatic rings. The number of nitrogens with zero attached hydrogens (tertiary/aromatic N) is 1. The molecule has 0 aliphatic carbocycles. The monoisotopic (exact) mass is 279 g/mol. The van der Waals surface area contributed by atoms with Crippen molar-refractivity contribution >= 4 is 11.7 Å². The molecule has 1 aliphatic heterocycles. The van der Waals surface area contributed by atoms with Gasteiger partial charge in [0, 0.05) is 38.6 Å². The fourth-order valence-electron chi connectivity index (χ4n) is 2.06. The number of amides is 1. The Hall–Kier alpha value is -1.66. The van der Waals surface area contributed by atoms with Crippen molar-refractivity contribution in [3.8, 4) is 0 Å². The van der Waals surface area contributed by atoms with Crippen LogP contribution in [0.1, 0.15) is 23.2 Å². The van der Waals surface area contributed by atoms with Gasteiger partial charge in [-0.1, -0.05) is 0 Å². The number of ether oxygens (including phenoxy) is 2. The number of carbonyl (C=O) groups is 1. The molecule has 0 aromatic carbocycles. The van der Waals surface area contributed by atoms with Crippen LogP contribution in [0.5, 0.6) is 0 Å². The molecule has 1 atom stereocenters. The van der Waals surface area contributed by atoms with Gasteiger partial charge in [0.25, 0.3) is 5.91 Å². The number of rotatable bonds is 7. The Kier molecular flexibility index (Phi) is 5.76. The van der Waals surface area contributed by atoms with Crippen LogP contribution in [0.2, 0.25) is 0 Å². The van der Waals surface area contributed by atoms with Crippen LogP contribution in [0.4, 0.5) is 5.82 Å². The van der Waals surface area contributed by atoms with E-state index in [1.54, 1.807) is 25.4 Å². The van der Waals surface area contributed by atoms with Crippen LogP contribution in [-0.4, -0.2) is 50.4 Å². The quantitative estimate of drug-likeness (QED) is 0.730. The Balaban J connectivity index is 1.83. The van der Waals surface area contributed by atoms with Crippen LogP contribution >= 0.6 is 0 Å². The van der Waals surface area contributed by atoms with Gasteiger partial charge in [0.05, 0.1) is 12.7 Å². The predicted octanol–water partition coefficient (Wildman–Crippen LogP) is 1.05. The van der Waals surface area contributed by atoms with Crippen LogP contribution in [0, 0.1) is 0 Å². The summed E-state index contributed by atoms with van der Waals surface area (Å²) in [6, 6.07) is 3.44. The smallest absolute Gasteiger partial charge is 0.251 e. The molecule has 1 aliphatic rings. The molecule has 2 heterocycles. The summed E-state index contributed by atoms with van der Waals surface area (Å²) in [5.41, 5.74) is 0.595. The maximum Gasteiger partial charge on any atom is 0.251 e. The molecular weight excluding hydrogens is 258 g/mol. The fraction of sp³-hybridized carbons (Fsp3) is 0.571. The molecule has 2 N–H and O–H groups in total. The van der Waals surface area contributed by atoms with Gasteiger partial charge >= 0.3 is 0 Å². The molecule has 6 nitrogen and oxygen atoms in total. The highest BCUT2D eigenvalue weighted by atomic mass is 16.5. The lowest BCUT2D eigenvalue weighted by Gasteiger charge is -2.11. The second kappa shape index (κ2) is 7.81. The van der Waals surface area contributed by atoms with Crippen LogP contribution in [0.25, 0.3) is 0 Å². The number of pyridine rings is 1. The molecule has 1 amide bonds. The first-order valence-corrected chi connectivity index (χ1v) is 6.88. The number of anilines is 1. The minimum atomic E-state index is -0.0994. The van der Waals surface area contributed by atoms with E-state index in [9.17, 15) is 4.79 Å². The standard InChI is InChI=1S/C14H21N3O3/c1-19-8-6-16-13-9-11(4-5-15-13)14(18)17-10-12-3-2-7-20-12/h4-5,9,12H,2-3,6-8,10H2,1H3,(H,15,16)(H,17,18). The lowest BCUT2D eigenvalue weighted by atomic mass is 10.2. The van der Waals surface area contributed by atoms with E-state index in [1.807, 2.05) is 0 Å². The number of methoxy groups -OCH3 is 1. The van der Waals surface area contributed by atoms with Crippen molar-refractivity contribution in [1.82, 2.24) is 10.3 Å². The lowest BCUT2D eigenvalue weighted by molar-refractivity contribution is 0.0857. The van der Waals surface area contributed by atoms with Crippen molar-refractivity contribution < 1.29 is 14.3 Å². The minimum absolute atomic E-state index is 0.0994. The highest BCUT2D eigenvalue weighted by Gasteiger charge is 2.16. The molecule has 1 saturated heterocycles. The van der Waals surface area contributed by atoms with Crippen molar-refractivity contribution in [2.75, 3.05) is 38.7 Å². The van der Waals surface area contributed by atoms with E-state index in [-0.39, 0.29) is 12.0 Å². The Morgan fingerprint density at radius 3 is 3.25 bits per heavy atom. The number of hydrogen-bond acceptors (Lipinski definition) is 5. The summed E-state index contributed by atoms with van der Waals surface area (Å²) >= 11 is 0. The minimum Gasteiger partial charge on any atom is -0.383 e. The highest BCUT2D eigenvalue weighted by molar-refractivity contribution is 5.94. The van der Waals surface area contributed by atoms with E-state index in [0.29, 0.717) is 31.1 Å². The summed E-state index contributed by atoms with van der Waals surface area (Å²) in [5, 5.41) is 5.99. The fourth-order valence-corrected chi connectivity index (χ4v) is 2.06. The molecule has 0 radical (unpaired) electrons. The predicted molar refractivity (Wildman–Crippen MR) is 75.9 cm³/mol. The SMILES string of the molecule is COCCNc1cc(C(=O)NCC2CCCO2)ccn1. The summed E-state index contributed by atoms with van der Waals surface area (Å²) in [6.07, 6.45) is 3.86. The first-order valence-electron chi connectivity index (χ1n) is 6.88. The lowest BCUT2D eigenvalue weighted by Crippen LogP contribution is -2.31. The van der Waals surface area contributed by atoms with Gasteiger partial charge in [-0.05, 0) is 25.0 Å². The van der Waals surface area contributed by atoms with E-state index in [0.717, 1.165) is 19.4 Å². The van der Waals surface area contributed by atoms with Gasteiger partial charge in [0.2, 0.25) is 0 Å². The summed E-state index contributed by atoms with van der Waals surface area (Å²) in [4.78, 5) is 16.2. The molecule has 0 bridgehead atoms. The first kappa shape index (κ1) is 14.7. The average Bonchev–Trinajstić information content (AvgIpc) is 2.99. The van der Waals surface area contributed by atoms with E-state index < -0.39 is 0 Å². The van der Waals surface area contributed by atoms with Gasteiger partial charge < -0.3 is 20.1 Å². The van der Waals surface area contributed by atoms with Crippen molar-refractivity contribution in [1.29, 1.82) is 0 Å². The molecule has 0 saturated carbocycles. The summed E-state index contributed by atoms with van der Waals surface area (Å²) < 4.78 is 10.4. The molecule has 6 heteroatoms. The zero-order valence-corrected chi connectivity index (χ0v) is 11.7. The average molecular weight is 279 g/mol. The molecule has 110 valence electrons. The third kappa shape index (κ3) is 4.47. The number of hydrogen-bond donors (Lipinski definition) is 2. The second-order valence-electron chi connectivity index (χ2n) is 4.69. The van der Waals surface area contributed by atoms with E-state index in [1.165, 1.54) is 0 Å². The number of nitrogens with one attached hydrogen (secondary N) is 2. The normalized spacial score (nSPS) is 17.9.